The molecular formula is C20H26IN5OS. The van der Waals surface area contributed by atoms with E-state index in [2.05, 4.69) is 32.7 Å². The Morgan fingerprint density at radius 1 is 1.21 bits per heavy atom. The third-order valence-electron chi connectivity index (χ3n) is 4.20. The molecule has 2 aromatic heterocycles. The lowest BCUT2D eigenvalue weighted by Gasteiger charge is -2.18. The van der Waals surface area contributed by atoms with Crippen LogP contribution in [0.15, 0.2) is 53.7 Å². The Morgan fingerprint density at radius 2 is 2.00 bits per heavy atom. The van der Waals surface area contributed by atoms with Crippen molar-refractivity contribution in [3.05, 3.63) is 59.1 Å². The zero-order chi connectivity index (χ0) is 19.2. The summed E-state index contributed by atoms with van der Waals surface area (Å²) < 4.78 is 1.18. The van der Waals surface area contributed by atoms with Crippen molar-refractivity contribution in [2.75, 3.05) is 32.6 Å². The molecule has 0 bridgehead atoms. The molecule has 3 rings (SSSR count). The van der Waals surface area contributed by atoms with Gasteiger partial charge in [-0.1, -0.05) is 24.3 Å². The number of hydrogen-bond donors (Lipinski definition) is 3. The molecule has 3 N–H and O–H groups in total. The smallest absolute Gasteiger partial charge is 0.191 e. The number of aliphatic hydroxyl groups excluding tert-OH is 1. The molecule has 0 fully saturated rings. The lowest BCUT2D eigenvalue weighted by atomic mass is 10.2. The van der Waals surface area contributed by atoms with E-state index in [9.17, 15) is 5.11 Å². The molecule has 0 aliphatic heterocycles. The maximum absolute atomic E-state index is 10.5. The fourth-order valence-electron chi connectivity index (χ4n) is 2.83. The average Bonchev–Trinajstić information content (AvgIpc) is 3.12. The highest BCUT2D eigenvalue weighted by Crippen LogP contribution is 2.29. The monoisotopic (exact) mass is 511 g/mol. The molecule has 0 spiro atoms. The lowest BCUT2D eigenvalue weighted by molar-refractivity contribution is 0.184. The molecule has 1 unspecified atom stereocenters. The highest BCUT2D eigenvalue weighted by molar-refractivity contribution is 14.0. The minimum atomic E-state index is -0.586. The van der Waals surface area contributed by atoms with Crippen molar-refractivity contribution in [1.82, 2.24) is 15.6 Å². The van der Waals surface area contributed by atoms with Crippen LogP contribution in [0.4, 0.5) is 5.82 Å². The summed E-state index contributed by atoms with van der Waals surface area (Å²) >= 11 is 1.62. The van der Waals surface area contributed by atoms with E-state index in [0.29, 0.717) is 19.0 Å². The van der Waals surface area contributed by atoms with Crippen molar-refractivity contribution in [2.45, 2.75) is 12.6 Å². The molecule has 0 saturated carbocycles. The molecule has 1 atom stereocenters. The van der Waals surface area contributed by atoms with E-state index in [1.807, 2.05) is 49.3 Å². The number of nitrogens with one attached hydrogen (secondary N) is 2. The molecule has 0 aliphatic rings. The fraction of sp³-hybridized carbons (Fsp3) is 0.300. The molecule has 6 nitrogen and oxygen atoms in total. The molecule has 1 aromatic carbocycles. The summed E-state index contributed by atoms with van der Waals surface area (Å²) in [6, 6.07) is 14.2. The zero-order valence-electron chi connectivity index (χ0n) is 16.2. The van der Waals surface area contributed by atoms with Gasteiger partial charge in [-0.25, -0.2) is 4.98 Å². The number of guanidine groups is 1. The van der Waals surface area contributed by atoms with E-state index in [4.69, 9.17) is 0 Å². The van der Waals surface area contributed by atoms with Gasteiger partial charge in [-0.05, 0) is 23.6 Å². The van der Waals surface area contributed by atoms with Gasteiger partial charge < -0.3 is 20.6 Å². The van der Waals surface area contributed by atoms with E-state index in [1.54, 1.807) is 24.6 Å². The molecule has 0 aliphatic carbocycles. The second-order valence-corrected chi connectivity index (χ2v) is 7.50. The second kappa shape index (κ2) is 10.6. The highest BCUT2D eigenvalue weighted by Gasteiger charge is 2.12. The van der Waals surface area contributed by atoms with E-state index in [-0.39, 0.29) is 24.0 Å². The maximum Gasteiger partial charge on any atom is 0.191 e. The van der Waals surface area contributed by atoms with Crippen LogP contribution in [0.25, 0.3) is 10.1 Å². The number of aliphatic hydroxyl groups is 1. The maximum atomic E-state index is 10.5. The number of rotatable bonds is 6. The van der Waals surface area contributed by atoms with Crippen LogP contribution >= 0.6 is 35.3 Å². The summed E-state index contributed by atoms with van der Waals surface area (Å²) in [4.78, 5) is 11.6. The number of hydrogen-bond acceptors (Lipinski definition) is 5. The van der Waals surface area contributed by atoms with Crippen LogP contribution < -0.4 is 15.5 Å². The van der Waals surface area contributed by atoms with Gasteiger partial charge in [0.2, 0.25) is 0 Å². The molecule has 150 valence electrons. The van der Waals surface area contributed by atoms with Gasteiger partial charge in [-0.2, -0.15) is 0 Å². The molecule has 0 saturated heterocycles. The van der Waals surface area contributed by atoms with E-state index < -0.39 is 6.10 Å². The second-order valence-electron chi connectivity index (χ2n) is 6.39. The predicted molar refractivity (Wildman–Crippen MR) is 129 cm³/mol. The molecule has 3 aromatic rings. The molecule has 28 heavy (non-hydrogen) atoms. The molecule has 0 amide bonds. The van der Waals surface area contributed by atoms with Gasteiger partial charge in [0.1, 0.15) is 11.9 Å². The van der Waals surface area contributed by atoms with Gasteiger partial charge in [0.15, 0.2) is 5.96 Å². The first-order chi connectivity index (χ1) is 13.1. The quantitative estimate of drug-likeness (QED) is 0.269. The Hall–Kier alpha value is -1.91. The van der Waals surface area contributed by atoms with Crippen LogP contribution in [0.5, 0.6) is 0 Å². The summed E-state index contributed by atoms with van der Waals surface area (Å²) in [6.07, 6.45) is 1.20. The number of fused-ring (bicyclic) bond motifs is 1. The Labute approximate surface area is 186 Å². The van der Waals surface area contributed by atoms with Crippen molar-refractivity contribution in [2.24, 2.45) is 4.99 Å². The van der Waals surface area contributed by atoms with E-state index >= 15 is 0 Å². The summed E-state index contributed by atoms with van der Waals surface area (Å²) in [5.74, 6) is 1.56. The summed E-state index contributed by atoms with van der Waals surface area (Å²) in [5.41, 5.74) is 1.08. The first kappa shape index (κ1) is 22.4. The van der Waals surface area contributed by atoms with Crippen molar-refractivity contribution in [3.63, 3.8) is 0 Å². The molecular weight excluding hydrogens is 485 g/mol. The van der Waals surface area contributed by atoms with Gasteiger partial charge in [-0.15, -0.1) is 35.3 Å². The first-order valence-electron chi connectivity index (χ1n) is 8.80. The number of halogens is 1. The van der Waals surface area contributed by atoms with Gasteiger partial charge >= 0.3 is 0 Å². The fourth-order valence-corrected chi connectivity index (χ4v) is 3.88. The normalized spacial score (nSPS) is 12.4. The van der Waals surface area contributed by atoms with Gasteiger partial charge in [-0.3, -0.25) is 4.99 Å². The standard InChI is InChI=1S/C20H25N5OS.HI/c1-21-20(23-12-15-8-6-10-22-19(15)25(2)3)24-13-16(26)18-11-14-7-4-5-9-17(14)27-18;/h4-11,16,26H,12-13H2,1-3H3,(H2,21,23,24);1H. The number of nitrogens with zero attached hydrogens (tertiary/aromatic N) is 3. The topological polar surface area (TPSA) is 72.8 Å². The van der Waals surface area contributed by atoms with Crippen LogP contribution in [0, 0.1) is 0 Å². The molecule has 2 heterocycles. The summed E-state index contributed by atoms with van der Waals surface area (Å²) in [7, 11) is 5.66. The Bertz CT molecular complexity index is 895. The number of aliphatic imine (C=N–C) groups is 1. The Kier molecular flexibility index (Phi) is 8.46. The van der Waals surface area contributed by atoms with E-state index in [0.717, 1.165) is 21.6 Å². The van der Waals surface area contributed by atoms with Gasteiger partial charge in [0.05, 0.1) is 0 Å². The van der Waals surface area contributed by atoms with E-state index in [1.165, 1.54) is 4.70 Å². The van der Waals surface area contributed by atoms with Crippen molar-refractivity contribution in [3.8, 4) is 0 Å². The SMILES string of the molecule is CN=C(NCc1cccnc1N(C)C)NCC(O)c1cc2ccccc2s1.I. The number of aromatic nitrogens is 1. The predicted octanol–water partition coefficient (Wildman–Crippen LogP) is 3.38. The first-order valence-corrected chi connectivity index (χ1v) is 9.62. The Morgan fingerprint density at radius 3 is 2.71 bits per heavy atom. The number of pyridine rings is 1. The van der Waals surface area contributed by atoms with Gasteiger partial charge in [0.25, 0.3) is 0 Å². The van der Waals surface area contributed by atoms with Gasteiger partial charge in [0, 0.05) is 55.6 Å². The van der Waals surface area contributed by atoms with Crippen LogP contribution in [0.1, 0.15) is 16.5 Å². The Balaban J connectivity index is 0.00000280. The number of benzene rings is 1. The van der Waals surface area contributed by atoms with Crippen LogP contribution in [0.2, 0.25) is 0 Å². The van der Waals surface area contributed by atoms with Crippen molar-refractivity contribution in [1.29, 1.82) is 0 Å². The van der Waals surface area contributed by atoms with Crippen LogP contribution in [0.3, 0.4) is 0 Å². The average molecular weight is 511 g/mol. The summed E-state index contributed by atoms with van der Waals surface area (Å²) in [5, 5.41) is 18.1. The number of anilines is 1. The summed E-state index contributed by atoms with van der Waals surface area (Å²) in [6.45, 7) is 0.986. The molecule has 8 heteroatoms. The van der Waals surface area contributed by atoms with Crippen molar-refractivity contribution < 1.29 is 5.11 Å². The van der Waals surface area contributed by atoms with Crippen LogP contribution in [-0.4, -0.2) is 43.7 Å². The zero-order valence-corrected chi connectivity index (χ0v) is 19.4. The minimum Gasteiger partial charge on any atom is -0.386 e. The third kappa shape index (κ3) is 5.55. The highest BCUT2D eigenvalue weighted by atomic mass is 127. The largest absolute Gasteiger partial charge is 0.386 e. The van der Waals surface area contributed by atoms with Crippen LogP contribution in [-0.2, 0) is 6.54 Å². The lowest BCUT2D eigenvalue weighted by Crippen LogP contribution is -2.39. The minimum absolute atomic E-state index is 0. The third-order valence-corrected chi connectivity index (χ3v) is 5.41. The molecule has 0 radical (unpaired) electrons. The number of thiophene rings is 1. The van der Waals surface area contributed by atoms with Crippen molar-refractivity contribution >= 4 is 57.2 Å².